The summed E-state index contributed by atoms with van der Waals surface area (Å²) in [6, 6.07) is 10.7. The zero-order valence-electron chi connectivity index (χ0n) is 18.7. The van der Waals surface area contributed by atoms with Crippen molar-refractivity contribution in [3.8, 4) is 0 Å². The molecule has 3 rings (SSSR count). The SMILES string of the molecule is Cc1cc(C(=O)CN(C)CC(=O)Nc2ccccc2C(F)(F)F)c(C)n1CCc1cccs1. The van der Waals surface area contributed by atoms with Gasteiger partial charge in [0.25, 0.3) is 0 Å². The second-order valence-corrected chi connectivity index (χ2v) is 8.99. The predicted octanol–water partition coefficient (Wildman–Crippen LogP) is 5.18. The number of hydrogen-bond donors (Lipinski definition) is 1. The fraction of sp³-hybridized carbons (Fsp3) is 0.333. The standard InChI is InChI=1S/C24H26F3N3O2S/c1-16-13-19(17(2)30(16)11-10-18-7-6-12-33-18)22(31)14-29(3)15-23(32)28-21-9-5-4-8-20(21)24(25,26)27/h4-9,12-13H,10-11,14-15H2,1-3H3,(H,28,32). The van der Waals surface area contributed by atoms with Crippen LogP contribution in [0.1, 0.15) is 32.2 Å². The highest BCUT2D eigenvalue weighted by Crippen LogP contribution is 2.34. The highest BCUT2D eigenvalue weighted by atomic mass is 32.1. The Morgan fingerprint density at radius 1 is 1.09 bits per heavy atom. The highest BCUT2D eigenvalue weighted by molar-refractivity contribution is 7.09. The Hall–Kier alpha value is -2.91. The normalized spacial score (nSPS) is 11.7. The van der Waals surface area contributed by atoms with Gasteiger partial charge in [-0.25, -0.2) is 0 Å². The number of para-hydroxylation sites is 1. The average molecular weight is 478 g/mol. The molecule has 176 valence electrons. The maximum atomic E-state index is 13.1. The van der Waals surface area contributed by atoms with Crippen LogP contribution in [0.2, 0.25) is 0 Å². The van der Waals surface area contributed by atoms with Crippen molar-refractivity contribution in [2.24, 2.45) is 0 Å². The Balaban J connectivity index is 1.60. The minimum absolute atomic E-state index is 0.0243. The zero-order chi connectivity index (χ0) is 24.2. The Labute approximate surface area is 194 Å². The lowest BCUT2D eigenvalue weighted by atomic mass is 10.1. The molecular weight excluding hydrogens is 451 g/mol. The molecule has 2 aromatic heterocycles. The zero-order valence-corrected chi connectivity index (χ0v) is 19.5. The topological polar surface area (TPSA) is 54.3 Å². The van der Waals surface area contributed by atoms with Crippen LogP contribution in [0.25, 0.3) is 0 Å². The van der Waals surface area contributed by atoms with Crippen LogP contribution in [0, 0.1) is 13.8 Å². The van der Waals surface area contributed by atoms with Crippen molar-refractivity contribution in [3.05, 3.63) is 75.2 Å². The molecule has 0 radical (unpaired) electrons. The van der Waals surface area contributed by atoms with Gasteiger partial charge in [0.05, 0.1) is 24.3 Å². The fourth-order valence-corrected chi connectivity index (χ4v) is 4.46. The van der Waals surface area contributed by atoms with Gasteiger partial charge in [-0.3, -0.25) is 14.5 Å². The number of nitrogens with zero attached hydrogens (tertiary/aromatic N) is 2. The average Bonchev–Trinajstić information content (AvgIpc) is 3.34. The smallest absolute Gasteiger partial charge is 0.348 e. The van der Waals surface area contributed by atoms with Crippen LogP contribution in [0.15, 0.2) is 47.8 Å². The summed E-state index contributed by atoms with van der Waals surface area (Å²) >= 11 is 1.70. The molecule has 0 unspecified atom stereocenters. The lowest BCUT2D eigenvalue weighted by Crippen LogP contribution is -2.34. The van der Waals surface area contributed by atoms with Crippen molar-refractivity contribution in [1.29, 1.82) is 0 Å². The summed E-state index contributed by atoms with van der Waals surface area (Å²) < 4.78 is 41.5. The van der Waals surface area contributed by atoms with Gasteiger partial charge >= 0.3 is 6.18 Å². The van der Waals surface area contributed by atoms with Gasteiger partial charge in [-0.1, -0.05) is 18.2 Å². The molecule has 5 nitrogen and oxygen atoms in total. The van der Waals surface area contributed by atoms with E-state index in [2.05, 4.69) is 16.0 Å². The number of anilines is 1. The van der Waals surface area contributed by atoms with Crippen molar-refractivity contribution in [3.63, 3.8) is 0 Å². The summed E-state index contributed by atoms with van der Waals surface area (Å²) in [5.41, 5.74) is 1.23. The molecule has 0 fully saturated rings. The van der Waals surface area contributed by atoms with Gasteiger partial charge in [0.15, 0.2) is 5.78 Å². The number of thiophene rings is 1. The van der Waals surface area contributed by atoms with E-state index < -0.39 is 17.6 Å². The fourth-order valence-electron chi connectivity index (χ4n) is 3.76. The molecule has 1 amide bonds. The highest BCUT2D eigenvalue weighted by Gasteiger charge is 2.33. The molecule has 0 aliphatic heterocycles. The molecule has 1 N–H and O–H groups in total. The van der Waals surface area contributed by atoms with Gasteiger partial charge in [0.2, 0.25) is 5.91 Å². The summed E-state index contributed by atoms with van der Waals surface area (Å²) in [4.78, 5) is 27.9. The summed E-state index contributed by atoms with van der Waals surface area (Å²) in [5, 5.41) is 4.34. The number of alkyl halides is 3. The maximum Gasteiger partial charge on any atom is 0.418 e. The van der Waals surface area contributed by atoms with Gasteiger partial charge < -0.3 is 9.88 Å². The van der Waals surface area contributed by atoms with Gasteiger partial charge in [-0.2, -0.15) is 13.2 Å². The largest absolute Gasteiger partial charge is 0.418 e. The summed E-state index contributed by atoms with van der Waals surface area (Å²) in [5.74, 6) is -0.764. The van der Waals surface area contributed by atoms with Gasteiger partial charge in [0.1, 0.15) is 0 Å². The lowest BCUT2D eigenvalue weighted by Gasteiger charge is -2.17. The predicted molar refractivity (Wildman–Crippen MR) is 124 cm³/mol. The Kier molecular flexibility index (Phi) is 7.76. The molecule has 2 heterocycles. The van der Waals surface area contributed by atoms with Crippen molar-refractivity contribution >= 4 is 28.7 Å². The molecule has 9 heteroatoms. The van der Waals surface area contributed by atoms with Crippen molar-refractivity contribution in [1.82, 2.24) is 9.47 Å². The van der Waals surface area contributed by atoms with E-state index >= 15 is 0 Å². The van der Waals surface area contributed by atoms with E-state index in [0.29, 0.717) is 5.56 Å². The van der Waals surface area contributed by atoms with Crippen LogP contribution >= 0.6 is 11.3 Å². The number of amides is 1. The number of aromatic nitrogens is 1. The molecule has 0 bridgehead atoms. The van der Waals surface area contributed by atoms with E-state index in [1.54, 1.807) is 18.4 Å². The Bertz CT molecular complexity index is 1120. The Morgan fingerprint density at radius 3 is 2.48 bits per heavy atom. The number of likely N-dealkylation sites (N-methyl/N-ethyl adjacent to an activating group) is 1. The third kappa shape index (κ3) is 6.33. The minimum Gasteiger partial charge on any atom is -0.348 e. The number of aryl methyl sites for hydroxylation is 2. The summed E-state index contributed by atoms with van der Waals surface area (Å²) in [6.45, 7) is 4.38. The first-order valence-electron chi connectivity index (χ1n) is 10.4. The van der Waals surface area contributed by atoms with E-state index in [9.17, 15) is 22.8 Å². The molecule has 0 saturated carbocycles. The van der Waals surface area contributed by atoms with Crippen LogP contribution in [-0.2, 0) is 23.9 Å². The number of hydrogen-bond acceptors (Lipinski definition) is 4. The Morgan fingerprint density at radius 2 is 1.82 bits per heavy atom. The molecule has 0 aliphatic rings. The van der Waals surface area contributed by atoms with Gasteiger partial charge in [-0.05, 0) is 57.0 Å². The lowest BCUT2D eigenvalue weighted by molar-refractivity contribution is -0.137. The summed E-state index contributed by atoms with van der Waals surface area (Å²) in [6.07, 6.45) is -3.70. The van der Waals surface area contributed by atoms with E-state index in [4.69, 9.17) is 0 Å². The van der Waals surface area contributed by atoms with Crippen LogP contribution in [-0.4, -0.2) is 41.3 Å². The van der Waals surface area contributed by atoms with Gasteiger partial charge in [0, 0.05) is 28.4 Å². The van der Waals surface area contributed by atoms with Crippen LogP contribution in [0.5, 0.6) is 0 Å². The molecule has 0 aliphatic carbocycles. The van der Waals surface area contributed by atoms with Crippen LogP contribution in [0.3, 0.4) is 0 Å². The summed E-state index contributed by atoms with van der Waals surface area (Å²) in [7, 11) is 1.59. The van der Waals surface area contributed by atoms with Crippen LogP contribution in [0.4, 0.5) is 18.9 Å². The molecule has 0 spiro atoms. The van der Waals surface area contributed by atoms with E-state index in [-0.39, 0.29) is 24.6 Å². The van der Waals surface area contributed by atoms with E-state index in [1.165, 1.54) is 28.0 Å². The van der Waals surface area contributed by atoms with E-state index in [0.717, 1.165) is 30.4 Å². The monoisotopic (exact) mass is 477 g/mol. The molecule has 3 aromatic rings. The first-order valence-corrected chi connectivity index (χ1v) is 11.3. The van der Waals surface area contributed by atoms with E-state index in [1.807, 2.05) is 31.4 Å². The molecule has 33 heavy (non-hydrogen) atoms. The first-order chi connectivity index (χ1) is 15.6. The number of benzene rings is 1. The minimum atomic E-state index is -4.57. The third-order valence-electron chi connectivity index (χ3n) is 5.37. The number of rotatable bonds is 9. The number of nitrogens with one attached hydrogen (secondary N) is 1. The number of Topliss-reactive ketones (excluding diaryl/α,β-unsaturated/α-hetero) is 1. The molecular formula is C24H26F3N3O2S. The molecule has 1 aromatic carbocycles. The van der Waals surface area contributed by atoms with Crippen molar-refractivity contribution in [2.75, 3.05) is 25.5 Å². The number of halogens is 3. The quantitative estimate of drug-likeness (QED) is 0.432. The number of carbonyl (C=O) groups is 2. The van der Waals surface area contributed by atoms with Crippen LogP contribution < -0.4 is 5.32 Å². The first kappa shape index (κ1) is 24.7. The maximum absolute atomic E-state index is 13.1. The van der Waals surface area contributed by atoms with Crippen molar-refractivity contribution < 1.29 is 22.8 Å². The second kappa shape index (κ2) is 10.4. The van der Waals surface area contributed by atoms with Gasteiger partial charge in [-0.15, -0.1) is 11.3 Å². The third-order valence-corrected chi connectivity index (χ3v) is 6.31. The number of carbonyl (C=O) groups excluding carboxylic acids is 2. The second-order valence-electron chi connectivity index (χ2n) is 7.95. The molecule has 0 saturated heterocycles. The van der Waals surface area contributed by atoms with Crippen molar-refractivity contribution in [2.45, 2.75) is 33.0 Å². The molecule has 0 atom stereocenters. The number of ketones is 1.